The summed E-state index contributed by atoms with van der Waals surface area (Å²) >= 11 is 0. The van der Waals surface area contributed by atoms with E-state index in [0.717, 1.165) is 13.3 Å². The standard InChI is InChI=1S/C10H19O6P/c1-3-4-5-7(6-8(11)12)10(2,9(13)14)17(15)16/h7,17H,3-6H2,1-2H3,(H,11,12)(H,13,14)(H,15,16). The van der Waals surface area contributed by atoms with Gasteiger partial charge in [-0.15, -0.1) is 0 Å². The fourth-order valence-electron chi connectivity index (χ4n) is 1.70. The molecule has 0 aliphatic rings. The lowest BCUT2D eigenvalue weighted by molar-refractivity contribution is -0.143. The second-order valence-electron chi connectivity index (χ2n) is 4.25. The van der Waals surface area contributed by atoms with Crippen molar-refractivity contribution < 1.29 is 29.3 Å². The van der Waals surface area contributed by atoms with Crippen molar-refractivity contribution in [3.05, 3.63) is 0 Å². The number of carboxylic acids is 2. The van der Waals surface area contributed by atoms with Gasteiger partial charge in [0, 0.05) is 6.42 Å². The summed E-state index contributed by atoms with van der Waals surface area (Å²) < 4.78 is 11.3. The molecule has 0 radical (unpaired) electrons. The molecule has 0 bridgehead atoms. The molecule has 0 aliphatic carbocycles. The molecule has 100 valence electrons. The highest BCUT2D eigenvalue weighted by atomic mass is 31.1. The van der Waals surface area contributed by atoms with Gasteiger partial charge >= 0.3 is 11.9 Å². The van der Waals surface area contributed by atoms with Crippen molar-refractivity contribution in [2.24, 2.45) is 5.92 Å². The lowest BCUT2D eigenvalue weighted by Gasteiger charge is -2.30. The van der Waals surface area contributed by atoms with Gasteiger partial charge in [-0.25, -0.2) is 0 Å². The molecule has 0 aromatic carbocycles. The molecular formula is C10H19O6P. The van der Waals surface area contributed by atoms with Crippen molar-refractivity contribution in [1.82, 2.24) is 0 Å². The summed E-state index contributed by atoms with van der Waals surface area (Å²) in [6, 6.07) is 0. The number of aliphatic carboxylic acids is 2. The zero-order valence-corrected chi connectivity index (χ0v) is 11.0. The summed E-state index contributed by atoms with van der Waals surface area (Å²) in [4.78, 5) is 31.0. The first-order chi connectivity index (χ1) is 7.76. The van der Waals surface area contributed by atoms with Crippen LogP contribution in [0.5, 0.6) is 0 Å². The SMILES string of the molecule is CCCCC(CC(=O)O)C(C)(C(=O)O)[PH](=O)O. The summed E-state index contributed by atoms with van der Waals surface area (Å²) in [6.07, 6.45) is 1.33. The Morgan fingerprint density at radius 3 is 2.18 bits per heavy atom. The summed E-state index contributed by atoms with van der Waals surface area (Å²) in [6.45, 7) is 3.04. The highest BCUT2D eigenvalue weighted by Gasteiger charge is 2.46. The van der Waals surface area contributed by atoms with Crippen molar-refractivity contribution >= 4 is 20.0 Å². The van der Waals surface area contributed by atoms with Crippen molar-refractivity contribution in [1.29, 1.82) is 0 Å². The van der Waals surface area contributed by atoms with E-state index in [2.05, 4.69) is 0 Å². The molecule has 3 unspecified atom stereocenters. The fourth-order valence-corrected chi connectivity index (χ4v) is 2.48. The van der Waals surface area contributed by atoms with Crippen LogP contribution in [0.15, 0.2) is 0 Å². The minimum Gasteiger partial charge on any atom is -0.481 e. The Morgan fingerprint density at radius 2 is 1.88 bits per heavy atom. The molecule has 3 N–H and O–H groups in total. The molecule has 0 aromatic rings. The van der Waals surface area contributed by atoms with Gasteiger partial charge in [-0.3, -0.25) is 14.2 Å². The third-order valence-electron chi connectivity index (χ3n) is 3.03. The Hall–Kier alpha value is -0.870. The molecule has 0 saturated heterocycles. The monoisotopic (exact) mass is 266 g/mol. The van der Waals surface area contributed by atoms with Gasteiger partial charge in [0.1, 0.15) is 5.16 Å². The van der Waals surface area contributed by atoms with Crippen LogP contribution in [0.2, 0.25) is 0 Å². The lowest BCUT2D eigenvalue weighted by Crippen LogP contribution is -2.40. The molecule has 0 fully saturated rings. The van der Waals surface area contributed by atoms with E-state index in [1.807, 2.05) is 6.92 Å². The molecule has 0 aliphatic heterocycles. The lowest BCUT2D eigenvalue weighted by atomic mass is 9.85. The van der Waals surface area contributed by atoms with E-state index in [0.29, 0.717) is 12.8 Å². The largest absolute Gasteiger partial charge is 0.481 e. The molecule has 0 amide bonds. The number of hydrogen-bond donors (Lipinski definition) is 3. The Morgan fingerprint density at radius 1 is 1.35 bits per heavy atom. The van der Waals surface area contributed by atoms with E-state index in [1.54, 1.807) is 0 Å². The van der Waals surface area contributed by atoms with E-state index in [1.165, 1.54) is 0 Å². The highest BCUT2D eigenvalue weighted by Crippen LogP contribution is 2.45. The van der Waals surface area contributed by atoms with Gasteiger partial charge in [0.05, 0.1) is 0 Å². The van der Waals surface area contributed by atoms with Gasteiger partial charge in [0.25, 0.3) is 0 Å². The number of carboxylic acid groups (broad SMARTS) is 2. The zero-order valence-electron chi connectivity index (χ0n) is 9.97. The minimum atomic E-state index is -3.36. The Kier molecular flexibility index (Phi) is 6.42. The molecule has 3 atom stereocenters. The van der Waals surface area contributed by atoms with E-state index in [-0.39, 0.29) is 0 Å². The number of rotatable bonds is 8. The van der Waals surface area contributed by atoms with E-state index in [4.69, 9.17) is 10.2 Å². The minimum absolute atomic E-state index is 0.322. The molecule has 7 heteroatoms. The topological polar surface area (TPSA) is 112 Å². The van der Waals surface area contributed by atoms with Gasteiger partial charge in [-0.1, -0.05) is 19.8 Å². The predicted octanol–water partition coefficient (Wildman–Crippen LogP) is 1.58. The molecule has 6 nitrogen and oxygen atoms in total. The van der Waals surface area contributed by atoms with Gasteiger partial charge in [-0.2, -0.15) is 0 Å². The molecular weight excluding hydrogens is 247 g/mol. The summed E-state index contributed by atoms with van der Waals surface area (Å²) in [7, 11) is -3.36. The third kappa shape index (κ3) is 4.13. The smallest absolute Gasteiger partial charge is 0.319 e. The molecule has 0 heterocycles. The van der Waals surface area contributed by atoms with Crippen LogP contribution in [-0.2, 0) is 14.2 Å². The normalized spacial score (nSPS) is 18.1. The maximum atomic E-state index is 11.3. The van der Waals surface area contributed by atoms with E-state index in [9.17, 15) is 19.0 Å². The van der Waals surface area contributed by atoms with Crippen LogP contribution in [0.3, 0.4) is 0 Å². The van der Waals surface area contributed by atoms with Gasteiger partial charge in [0.2, 0.25) is 8.03 Å². The van der Waals surface area contributed by atoms with Crippen LogP contribution >= 0.6 is 8.03 Å². The second-order valence-corrected chi connectivity index (χ2v) is 5.90. The van der Waals surface area contributed by atoms with Crippen LogP contribution in [-0.4, -0.2) is 32.2 Å². The quantitative estimate of drug-likeness (QED) is 0.575. The molecule has 0 rings (SSSR count). The fraction of sp³-hybridized carbons (Fsp3) is 0.800. The van der Waals surface area contributed by atoms with Gasteiger partial charge in [0.15, 0.2) is 0 Å². The van der Waals surface area contributed by atoms with Crippen molar-refractivity contribution in [2.45, 2.75) is 44.7 Å². The Bertz CT molecular complexity index is 300. The van der Waals surface area contributed by atoms with Crippen LogP contribution < -0.4 is 0 Å². The Balaban J connectivity index is 5.13. The van der Waals surface area contributed by atoms with Crippen LogP contribution in [0.25, 0.3) is 0 Å². The van der Waals surface area contributed by atoms with Crippen LogP contribution in [0.1, 0.15) is 39.5 Å². The summed E-state index contributed by atoms with van der Waals surface area (Å²) in [5, 5.41) is 15.9. The summed E-state index contributed by atoms with van der Waals surface area (Å²) in [5.41, 5.74) is 0. The van der Waals surface area contributed by atoms with Gasteiger partial charge in [-0.05, 0) is 19.3 Å². The van der Waals surface area contributed by atoms with Crippen LogP contribution in [0, 0.1) is 5.92 Å². The first kappa shape index (κ1) is 16.1. The van der Waals surface area contributed by atoms with Crippen molar-refractivity contribution in [3.63, 3.8) is 0 Å². The number of carbonyl (C=O) groups is 2. The predicted molar refractivity (Wildman–Crippen MR) is 62.5 cm³/mol. The summed E-state index contributed by atoms with van der Waals surface area (Å²) in [5.74, 6) is -3.39. The zero-order chi connectivity index (χ0) is 13.6. The average molecular weight is 266 g/mol. The number of hydrogen-bond acceptors (Lipinski definition) is 3. The Labute approximate surface area is 101 Å². The van der Waals surface area contributed by atoms with E-state index < -0.39 is 37.5 Å². The molecule has 0 aromatic heterocycles. The average Bonchev–Trinajstić information content (AvgIpc) is 2.21. The first-order valence-corrected chi connectivity index (χ1v) is 6.80. The van der Waals surface area contributed by atoms with Gasteiger partial charge < -0.3 is 15.1 Å². The molecule has 17 heavy (non-hydrogen) atoms. The highest BCUT2D eigenvalue weighted by molar-refractivity contribution is 7.41. The molecule has 0 saturated carbocycles. The second kappa shape index (κ2) is 6.77. The molecule has 0 spiro atoms. The van der Waals surface area contributed by atoms with Crippen molar-refractivity contribution in [2.75, 3.05) is 0 Å². The van der Waals surface area contributed by atoms with Crippen LogP contribution in [0.4, 0.5) is 0 Å². The first-order valence-electron chi connectivity index (χ1n) is 5.45. The number of unbranched alkanes of at least 4 members (excludes halogenated alkanes) is 1. The van der Waals surface area contributed by atoms with Crippen molar-refractivity contribution in [3.8, 4) is 0 Å². The van der Waals surface area contributed by atoms with E-state index >= 15 is 0 Å². The maximum absolute atomic E-state index is 11.3. The third-order valence-corrected chi connectivity index (χ3v) is 4.54. The maximum Gasteiger partial charge on any atom is 0.319 e.